The normalized spacial score (nSPS) is 13.0. The van der Waals surface area contributed by atoms with Gasteiger partial charge in [-0.15, -0.1) is 0 Å². The molecule has 1 atom stereocenters. The van der Waals surface area contributed by atoms with E-state index in [1.54, 1.807) is 13.0 Å². The lowest BCUT2D eigenvalue weighted by Gasteiger charge is -2.18. The van der Waals surface area contributed by atoms with Gasteiger partial charge in [-0.25, -0.2) is 9.59 Å². The first kappa shape index (κ1) is 29.5. The van der Waals surface area contributed by atoms with Gasteiger partial charge in [0, 0.05) is 18.2 Å². The molecule has 1 unspecified atom stereocenters. The summed E-state index contributed by atoms with van der Waals surface area (Å²) in [7, 11) is 1.25. The van der Waals surface area contributed by atoms with E-state index in [9.17, 15) is 19.5 Å². The maximum absolute atomic E-state index is 13.0. The minimum absolute atomic E-state index is 0.164. The maximum atomic E-state index is 13.0. The van der Waals surface area contributed by atoms with E-state index in [2.05, 4.69) is 30.5 Å². The van der Waals surface area contributed by atoms with Crippen LogP contribution in [-0.4, -0.2) is 36.9 Å². The van der Waals surface area contributed by atoms with Crippen molar-refractivity contribution in [3.63, 3.8) is 0 Å². The van der Waals surface area contributed by atoms with E-state index in [4.69, 9.17) is 9.15 Å². The van der Waals surface area contributed by atoms with Crippen molar-refractivity contribution in [2.24, 2.45) is 10.4 Å². The number of aromatic hydroxyl groups is 1. The molecular weight excluding hydrogens is 474 g/mol. The summed E-state index contributed by atoms with van der Waals surface area (Å²) in [6, 6.07) is 8.65. The number of rotatable bonds is 11. The van der Waals surface area contributed by atoms with Crippen molar-refractivity contribution in [2.45, 2.75) is 66.2 Å². The van der Waals surface area contributed by atoms with E-state index in [0.29, 0.717) is 31.6 Å². The van der Waals surface area contributed by atoms with Crippen LogP contribution < -0.4 is 10.4 Å². The monoisotopic (exact) mass is 511 g/mol. The molecule has 37 heavy (non-hydrogen) atoms. The predicted molar refractivity (Wildman–Crippen MR) is 144 cm³/mol. The zero-order chi connectivity index (χ0) is 27.6. The highest BCUT2D eigenvalue weighted by atomic mass is 16.5. The van der Waals surface area contributed by atoms with Crippen LogP contribution in [0.2, 0.25) is 0 Å². The molecule has 1 aromatic heterocycles. The van der Waals surface area contributed by atoms with Gasteiger partial charge in [0.1, 0.15) is 22.8 Å². The molecule has 0 aliphatic carbocycles. The number of allylic oxidation sites excluding steroid dienone is 1. The fraction of sp³-hybridized carbons (Fsp3) is 0.448. The number of unbranched alkanes of at least 4 members (excludes halogenated alkanes) is 1. The van der Waals surface area contributed by atoms with Crippen molar-refractivity contribution < 1.29 is 28.6 Å². The number of nitrogens with zero attached hydrogens (tertiary/aromatic N) is 1. The lowest BCUT2D eigenvalue weighted by molar-refractivity contribution is 0.102. The summed E-state index contributed by atoms with van der Waals surface area (Å²) in [5.74, 6) is -0.237. The Morgan fingerprint density at radius 1 is 1.22 bits per heavy atom. The molecule has 1 aromatic carbocycles. The Labute approximate surface area is 218 Å². The molecule has 1 amide bonds. The van der Waals surface area contributed by atoms with Gasteiger partial charge in [0.05, 0.1) is 13.7 Å². The largest absolute Gasteiger partial charge is 0.507 e. The molecule has 0 radical (unpaired) electrons. The van der Waals surface area contributed by atoms with Crippen LogP contribution >= 0.6 is 0 Å². The van der Waals surface area contributed by atoms with Crippen molar-refractivity contribution in [1.29, 1.82) is 0 Å². The second kappa shape index (κ2) is 13.6. The number of carbonyl (C=O) groups is 2. The van der Waals surface area contributed by atoms with Crippen molar-refractivity contribution in [2.75, 3.05) is 13.7 Å². The van der Waals surface area contributed by atoms with Crippen LogP contribution in [0.1, 0.15) is 87.9 Å². The number of hydrogen-bond acceptors (Lipinski definition) is 7. The standard InChI is InChI=1S/C29H37NO7/c1-19(10-7-8-14-30-28(34)35-6)24-18-23(31)25(27(33)37-24)26(32)20(2)16-21-11-9-12-22(17-21)36-15-13-29(3,4)5/h9,11-12,14,16-19,31H,7-8,10,13,15H2,1-6H3. The first-order valence-corrected chi connectivity index (χ1v) is 12.3. The highest BCUT2D eigenvalue weighted by Crippen LogP contribution is 2.27. The zero-order valence-corrected chi connectivity index (χ0v) is 22.5. The van der Waals surface area contributed by atoms with Crippen LogP contribution in [-0.2, 0) is 4.74 Å². The third-order valence-electron chi connectivity index (χ3n) is 5.72. The number of ether oxygens (including phenoxy) is 2. The Kier molecular flexibility index (Phi) is 10.8. The first-order valence-electron chi connectivity index (χ1n) is 12.3. The van der Waals surface area contributed by atoms with Gasteiger partial charge in [0.15, 0.2) is 5.78 Å². The van der Waals surface area contributed by atoms with Gasteiger partial charge in [0.25, 0.3) is 0 Å². The first-order chi connectivity index (χ1) is 17.4. The lowest BCUT2D eigenvalue weighted by Crippen LogP contribution is -2.16. The number of hydrogen-bond donors (Lipinski definition) is 1. The molecule has 0 bridgehead atoms. The van der Waals surface area contributed by atoms with E-state index in [1.807, 2.05) is 31.2 Å². The molecule has 1 N–H and O–H groups in total. The molecular formula is C29H37NO7. The van der Waals surface area contributed by atoms with E-state index in [-0.39, 0.29) is 22.7 Å². The Bertz CT molecular complexity index is 1200. The number of ketones is 1. The van der Waals surface area contributed by atoms with Crippen molar-refractivity contribution in [1.82, 2.24) is 0 Å². The van der Waals surface area contributed by atoms with Crippen molar-refractivity contribution in [3.05, 3.63) is 63.2 Å². The Hall–Kier alpha value is -3.68. The van der Waals surface area contributed by atoms with E-state index in [1.165, 1.54) is 19.4 Å². The summed E-state index contributed by atoms with van der Waals surface area (Å²) in [6.45, 7) is 10.5. The third kappa shape index (κ3) is 9.71. The van der Waals surface area contributed by atoms with Gasteiger partial charge >= 0.3 is 11.7 Å². The summed E-state index contributed by atoms with van der Waals surface area (Å²) in [5, 5.41) is 10.5. The van der Waals surface area contributed by atoms with Gasteiger partial charge in [-0.1, -0.05) is 39.8 Å². The van der Waals surface area contributed by atoms with Gasteiger partial charge < -0.3 is 19.0 Å². The SMILES string of the molecule is COC(=O)N=CCCCC(C)c1cc(O)c(C(=O)C(C)=Cc2cccc(OCCC(C)(C)C)c2)c(=O)o1. The molecule has 0 aliphatic heterocycles. The van der Waals surface area contributed by atoms with Gasteiger partial charge in [-0.2, -0.15) is 4.99 Å². The molecule has 0 fully saturated rings. The number of Topliss-reactive ketones (excluding diaryl/α,β-unsaturated/α-hetero) is 1. The molecule has 0 aliphatic rings. The molecule has 8 nitrogen and oxygen atoms in total. The second-order valence-electron chi connectivity index (χ2n) is 10.2. The number of methoxy groups -OCH3 is 1. The van der Waals surface area contributed by atoms with Crippen LogP contribution in [0.15, 0.2) is 50.1 Å². The Balaban J connectivity index is 2.09. The second-order valence-corrected chi connectivity index (χ2v) is 10.2. The molecule has 2 aromatic rings. The van der Waals surface area contributed by atoms with Crippen LogP contribution in [0, 0.1) is 5.41 Å². The summed E-state index contributed by atoms with van der Waals surface area (Å²) >= 11 is 0. The van der Waals surface area contributed by atoms with E-state index in [0.717, 1.165) is 12.0 Å². The lowest BCUT2D eigenvalue weighted by atomic mass is 9.93. The molecule has 0 saturated carbocycles. The van der Waals surface area contributed by atoms with Crippen LogP contribution in [0.4, 0.5) is 4.79 Å². The van der Waals surface area contributed by atoms with Crippen molar-refractivity contribution in [3.8, 4) is 11.5 Å². The Morgan fingerprint density at radius 3 is 2.59 bits per heavy atom. The molecule has 1 heterocycles. The molecule has 0 spiro atoms. The van der Waals surface area contributed by atoms with Gasteiger partial charge in [0.2, 0.25) is 0 Å². The van der Waals surface area contributed by atoms with Crippen LogP contribution in [0.5, 0.6) is 11.5 Å². The molecule has 0 saturated heterocycles. The molecule has 8 heteroatoms. The topological polar surface area (TPSA) is 115 Å². The number of carbonyl (C=O) groups excluding carboxylic acids is 2. The van der Waals surface area contributed by atoms with Gasteiger partial charge in [-0.05, 0) is 67.4 Å². The minimum atomic E-state index is -0.883. The average molecular weight is 512 g/mol. The Morgan fingerprint density at radius 2 is 1.95 bits per heavy atom. The maximum Gasteiger partial charge on any atom is 0.432 e. The van der Waals surface area contributed by atoms with Crippen molar-refractivity contribution >= 4 is 24.2 Å². The quantitative estimate of drug-likeness (QED) is 0.157. The molecule has 200 valence electrons. The minimum Gasteiger partial charge on any atom is -0.507 e. The number of benzene rings is 1. The number of aliphatic imine (C=N–C) groups is 1. The summed E-state index contributed by atoms with van der Waals surface area (Å²) in [6.07, 6.45) is 5.19. The number of amides is 1. The molecule has 2 rings (SSSR count). The average Bonchev–Trinajstić information content (AvgIpc) is 2.82. The van der Waals surface area contributed by atoms with Crippen LogP contribution in [0.25, 0.3) is 6.08 Å². The predicted octanol–water partition coefficient (Wildman–Crippen LogP) is 6.56. The zero-order valence-electron chi connectivity index (χ0n) is 22.5. The third-order valence-corrected chi connectivity index (χ3v) is 5.72. The van der Waals surface area contributed by atoms with Gasteiger partial charge in [-0.3, -0.25) is 4.79 Å². The summed E-state index contributed by atoms with van der Waals surface area (Å²) in [4.78, 5) is 40.2. The summed E-state index contributed by atoms with van der Waals surface area (Å²) in [5.41, 5.74) is -0.0972. The highest BCUT2D eigenvalue weighted by Gasteiger charge is 2.22. The fourth-order valence-corrected chi connectivity index (χ4v) is 3.48. The smallest absolute Gasteiger partial charge is 0.432 e. The van der Waals surface area contributed by atoms with E-state index >= 15 is 0 Å². The van der Waals surface area contributed by atoms with Crippen LogP contribution in [0.3, 0.4) is 0 Å². The van der Waals surface area contributed by atoms with E-state index < -0.39 is 28.8 Å². The fourth-order valence-electron chi connectivity index (χ4n) is 3.48. The highest BCUT2D eigenvalue weighted by molar-refractivity contribution is 6.12. The summed E-state index contributed by atoms with van der Waals surface area (Å²) < 4.78 is 15.6.